The molecule has 1 aliphatic rings. The Bertz CT molecular complexity index is 456. The summed E-state index contributed by atoms with van der Waals surface area (Å²) < 4.78 is 0. The van der Waals surface area contributed by atoms with Crippen molar-refractivity contribution in [3.05, 3.63) is 60.2 Å². The van der Waals surface area contributed by atoms with Crippen molar-refractivity contribution in [1.29, 1.82) is 0 Å². The van der Waals surface area contributed by atoms with Crippen LogP contribution >= 0.6 is 7.92 Å². The summed E-state index contributed by atoms with van der Waals surface area (Å²) >= 11 is 0. The lowest BCUT2D eigenvalue weighted by Crippen LogP contribution is -2.28. The quantitative estimate of drug-likeness (QED) is 0.398. The molecule has 0 spiro atoms. The van der Waals surface area contributed by atoms with Crippen molar-refractivity contribution in [2.75, 3.05) is 0 Å². The minimum Gasteiger partial charge on any atom is -0.0835 e. The first kappa shape index (κ1) is 17.2. The summed E-state index contributed by atoms with van der Waals surface area (Å²) in [5, 5.41) is 0.591. The van der Waals surface area contributed by atoms with Crippen LogP contribution < -0.4 is 0 Å². The smallest absolute Gasteiger partial charge is 0.0242 e. The fourth-order valence-electron chi connectivity index (χ4n) is 2.82. The molecule has 0 saturated heterocycles. The van der Waals surface area contributed by atoms with Crippen molar-refractivity contribution in [3.8, 4) is 0 Å². The van der Waals surface area contributed by atoms with E-state index in [0.717, 1.165) is 6.42 Å². The zero-order chi connectivity index (χ0) is 13.9. The summed E-state index contributed by atoms with van der Waals surface area (Å²) in [5.74, 6) is 0. The van der Waals surface area contributed by atoms with Crippen molar-refractivity contribution in [2.45, 2.75) is 50.6 Å². The van der Waals surface area contributed by atoms with Crippen LogP contribution in [0.25, 0.3) is 0 Å². The number of allylic oxidation sites excluding steroid dienone is 4. The molecule has 0 aromatic heterocycles. The average Bonchev–Trinajstić information content (AvgIpc) is 2.37. The Morgan fingerprint density at radius 2 is 1.60 bits per heavy atom. The van der Waals surface area contributed by atoms with Gasteiger partial charge in [-0.3, -0.25) is 0 Å². The third kappa shape index (κ3) is 4.09. The lowest BCUT2D eigenvalue weighted by Gasteiger charge is -2.43. The molecule has 1 aromatic carbocycles. The van der Waals surface area contributed by atoms with Crippen molar-refractivity contribution >= 4 is 16.3 Å². The first-order valence-corrected chi connectivity index (χ1v) is 8.62. The molecule has 0 N–H and O–H groups in total. The molecule has 3 radical (unpaired) electrons. The molecule has 0 nitrogen and oxygen atoms in total. The molecule has 1 aromatic rings. The van der Waals surface area contributed by atoms with Crippen molar-refractivity contribution in [2.24, 2.45) is 0 Å². The molecule has 105 valence electrons. The van der Waals surface area contributed by atoms with Gasteiger partial charge in [0.05, 0.1) is 0 Å². The van der Waals surface area contributed by atoms with Crippen LogP contribution in [-0.4, -0.2) is 18.7 Å². The zero-order valence-electron chi connectivity index (χ0n) is 13.1. The molecule has 0 fully saturated rings. The molecule has 0 aliphatic heterocycles. The second-order valence-electron chi connectivity index (χ2n) is 6.51. The topological polar surface area (TPSA) is 0 Å². The molecule has 2 heteroatoms. The summed E-state index contributed by atoms with van der Waals surface area (Å²) in [4.78, 5) is 0. The molecule has 0 amide bonds. The van der Waals surface area contributed by atoms with E-state index in [2.05, 4.69) is 82.3 Å². The maximum atomic E-state index is 2.44. The van der Waals surface area contributed by atoms with Crippen LogP contribution in [0.3, 0.4) is 0 Å². The van der Waals surface area contributed by atoms with E-state index in [1.807, 2.05) is 0 Å². The Labute approximate surface area is 127 Å². The first-order chi connectivity index (χ1) is 8.92. The number of hydrogen-bond donors (Lipinski definition) is 0. The van der Waals surface area contributed by atoms with Gasteiger partial charge in [-0.25, -0.2) is 0 Å². The van der Waals surface area contributed by atoms with Gasteiger partial charge in [-0.2, -0.15) is 0 Å². The second-order valence-corrected chi connectivity index (χ2v) is 9.99. The van der Waals surface area contributed by atoms with Crippen molar-refractivity contribution < 1.29 is 0 Å². The molecule has 2 rings (SSSR count). The largest absolute Gasteiger partial charge is 0.0835 e. The van der Waals surface area contributed by atoms with Gasteiger partial charge in [0.1, 0.15) is 0 Å². The van der Waals surface area contributed by atoms with E-state index in [1.165, 1.54) is 11.7 Å². The van der Waals surface area contributed by atoms with Crippen molar-refractivity contribution in [3.63, 3.8) is 0 Å². The Morgan fingerprint density at radius 3 is 2.10 bits per heavy atom. The standard InChI is InChI=1S/C18H25P.B/c1-17(2,3)19(15-16-11-7-5-8-12-16)18(4)13-9-6-10-14-18;/h5,7-14H,6,15H2,1-4H3;. The highest BCUT2D eigenvalue weighted by Gasteiger charge is 2.37. The monoisotopic (exact) mass is 283 g/mol. The fraction of sp³-hybridized carbons (Fsp3) is 0.444. The molecular weight excluding hydrogens is 258 g/mol. The summed E-state index contributed by atoms with van der Waals surface area (Å²) in [6.45, 7) is 9.58. The van der Waals surface area contributed by atoms with Crippen molar-refractivity contribution in [1.82, 2.24) is 0 Å². The molecular formula is C18H25BP. The third-order valence-electron chi connectivity index (χ3n) is 3.76. The minimum atomic E-state index is -0.152. The SMILES string of the molecule is CC(C)(C)P(Cc1ccccc1)C1(C)C=CCC=C1.[B]. The van der Waals surface area contributed by atoms with Crippen LogP contribution in [0, 0.1) is 0 Å². The van der Waals surface area contributed by atoms with E-state index in [9.17, 15) is 0 Å². The highest BCUT2D eigenvalue weighted by Crippen LogP contribution is 2.63. The van der Waals surface area contributed by atoms with Crippen LogP contribution in [0.2, 0.25) is 0 Å². The van der Waals surface area contributed by atoms with Gasteiger partial charge >= 0.3 is 0 Å². The zero-order valence-corrected chi connectivity index (χ0v) is 14.0. The van der Waals surface area contributed by atoms with Gasteiger partial charge in [-0.05, 0) is 30.2 Å². The lowest BCUT2D eigenvalue weighted by atomic mass is 10.0. The molecule has 20 heavy (non-hydrogen) atoms. The van der Waals surface area contributed by atoms with Gasteiger partial charge in [0.15, 0.2) is 0 Å². The van der Waals surface area contributed by atoms with Crippen LogP contribution in [-0.2, 0) is 6.16 Å². The lowest BCUT2D eigenvalue weighted by molar-refractivity contribution is 0.751. The minimum absolute atomic E-state index is 0. The molecule has 0 bridgehead atoms. The molecule has 0 heterocycles. The van der Waals surface area contributed by atoms with Gasteiger partial charge in [0.2, 0.25) is 0 Å². The maximum absolute atomic E-state index is 2.44. The Morgan fingerprint density at radius 1 is 1.05 bits per heavy atom. The predicted octanol–water partition coefficient (Wildman–Crippen LogP) is 5.36. The highest BCUT2D eigenvalue weighted by molar-refractivity contribution is 7.60. The summed E-state index contributed by atoms with van der Waals surface area (Å²) in [6, 6.07) is 10.9. The Balaban J connectivity index is 0.00000200. The Kier molecular flexibility index (Phi) is 5.84. The summed E-state index contributed by atoms with van der Waals surface area (Å²) in [6.07, 6.45) is 11.8. The van der Waals surface area contributed by atoms with E-state index >= 15 is 0 Å². The van der Waals surface area contributed by atoms with E-state index in [1.54, 1.807) is 0 Å². The number of rotatable bonds is 3. The van der Waals surface area contributed by atoms with Gasteiger partial charge < -0.3 is 0 Å². The van der Waals surface area contributed by atoms with Crippen LogP contribution in [0.1, 0.15) is 39.7 Å². The van der Waals surface area contributed by atoms with Crippen LogP contribution in [0.4, 0.5) is 0 Å². The summed E-state index contributed by atoms with van der Waals surface area (Å²) in [7, 11) is -0.152. The van der Waals surface area contributed by atoms with E-state index in [4.69, 9.17) is 0 Å². The molecule has 1 unspecified atom stereocenters. The fourth-order valence-corrected chi connectivity index (χ4v) is 6.23. The molecule has 0 saturated carbocycles. The van der Waals surface area contributed by atoms with E-state index in [0.29, 0.717) is 5.16 Å². The average molecular weight is 283 g/mol. The van der Waals surface area contributed by atoms with Crippen LogP contribution in [0.15, 0.2) is 54.6 Å². The second kappa shape index (κ2) is 6.77. The Hall–Kier alpha value is -0.805. The third-order valence-corrected chi connectivity index (χ3v) is 7.52. The van der Waals surface area contributed by atoms with Gasteiger partial charge in [-0.1, -0.05) is 83.3 Å². The highest BCUT2D eigenvalue weighted by atomic mass is 31.1. The molecule has 1 aliphatic carbocycles. The van der Waals surface area contributed by atoms with Crippen LogP contribution in [0.5, 0.6) is 0 Å². The first-order valence-electron chi connectivity index (χ1n) is 7.09. The number of benzene rings is 1. The predicted molar refractivity (Wildman–Crippen MR) is 93.9 cm³/mol. The normalized spacial score (nSPS) is 18.4. The summed E-state index contributed by atoms with van der Waals surface area (Å²) in [5.41, 5.74) is 1.47. The van der Waals surface area contributed by atoms with Gasteiger partial charge in [0.25, 0.3) is 0 Å². The number of hydrogen-bond acceptors (Lipinski definition) is 0. The van der Waals surface area contributed by atoms with E-state index < -0.39 is 0 Å². The van der Waals surface area contributed by atoms with Gasteiger partial charge in [0, 0.05) is 13.6 Å². The van der Waals surface area contributed by atoms with E-state index in [-0.39, 0.29) is 21.5 Å². The van der Waals surface area contributed by atoms with Gasteiger partial charge in [-0.15, -0.1) is 0 Å². The maximum Gasteiger partial charge on any atom is 0.0242 e. The molecule has 1 atom stereocenters.